The third-order valence-corrected chi connectivity index (χ3v) is 9.61. The Morgan fingerprint density at radius 1 is 0.623 bits per heavy atom. The summed E-state index contributed by atoms with van der Waals surface area (Å²) < 4.78 is 39.2. The summed E-state index contributed by atoms with van der Waals surface area (Å²) in [6, 6.07) is 28.1. The first-order chi connectivity index (χ1) is 33.7. The summed E-state index contributed by atoms with van der Waals surface area (Å²) in [5.74, 6) is 0. The zero-order valence-electron chi connectivity index (χ0n) is 39.6. The van der Waals surface area contributed by atoms with E-state index in [9.17, 15) is 39.9 Å². The molecule has 1 aliphatic rings. The van der Waals surface area contributed by atoms with Crippen molar-refractivity contribution >= 4 is 97.4 Å². The molecule has 27 heteroatoms. The van der Waals surface area contributed by atoms with Crippen LogP contribution in [-0.2, 0) is 21.8 Å². The molecule has 1 unspecified atom stereocenters. The first-order valence-corrected chi connectivity index (χ1v) is 24.1. The molecule has 0 bridgehead atoms. The summed E-state index contributed by atoms with van der Waals surface area (Å²) in [4.78, 5) is 70.6. The number of fused-ring (bicyclic) bond motifs is 4. The van der Waals surface area contributed by atoms with Crippen molar-refractivity contribution in [2.75, 3.05) is 26.4 Å². The van der Waals surface area contributed by atoms with Crippen LogP contribution in [0.4, 0.5) is 22.7 Å². The summed E-state index contributed by atoms with van der Waals surface area (Å²) in [6.07, 6.45) is 12.3. The number of hydrogen-bond acceptors (Lipinski definition) is 20. The van der Waals surface area contributed by atoms with Crippen LogP contribution in [-0.4, -0.2) is 84.3 Å². The first kappa shape index (κ1) is 74.9. The minimum atomic E-state index is -5.94. The van der Waals surface area contributed by atoms with Gasteiger partial charge in [0.2, 0.25) is 0 Å². The van der Waals surface area contributed by atoms with E-state index in [-0.39, 0.29) is 119 Å². The number of anilines is 1. The predicted molar refractivity (Wildman–Crippen MR) is 278 cm³/mol. The van der Waals surface area contributed by atoms with E-state index in [2.05, 4.69) is 19.9 Å². The normalized spacial score (nSPS) is 11.6. The third kappa shape index (κ3) is 23.1. The largest absolute Gasteiger partial charge is 1.00 e. The van der Waals surface area contributed by atoms with Crippen LogP contribution < -0.4 is 69.1 Å². The minimum Gasteiger partial charge on any atom is -0.396 e. The number of aliphatic hydroxyl groups is 1. The molecule has 0 amide bonds. The number of aryl methyl sites for hydroxylation is 1. The number of carbonyl (C=O) groups is 2. The van der Waals surface area contributed by atoms with Crippen molar-refractivity contribution in [3.63, 3.8) is 0 Å². The van der Waals surface area contributed by atoms with Gasteiger partial charge in [-0.3, -0.25) is 58.7 Å². The van der Waals surface area contributed by atoms with Gasteiger partial charge in [0.25, 0.3) is 5.69 Å². The summed E-state index contributed by atoms with van der Waals surface area (Å²) >= 11 is -5.94. The van der Waals surface area contributed by atoms with Crippen LogP contribution in [0, 0.1) is 37.3 Å². The molecule has 0 aliphatic carbocycles. The van der Waals surface area contributed by atoms with Crippen LogP contribution in [0.3, 0.4) is 0 Å². The van der Waals surface area contributed by atoms with E-state index < -0.39 is 31.3 Å². The Hall–Kier alpha value is -6.30. The number of nitrogens with two attached hydrogens (primary N) is 1. The monoisotopic (exact) mass is 1250 g/mol. The van der Waals surface area contributed by atoms with E-state index in [0.717, 1.165) is 41.9 Å². The smallest absolute Gasteiger partial charge is 0.396 e. The molecule has 0 radical (unpaired) electrons. The Kier molecular flexibility index (Phi) is 35.7. The van der Waals surface area contributed by atoms with Crippen LogP contribution in [0.2, 0.25) is 0 Å². The number of nitrogens with zero attached hydrogens (tertiary/aromatic N) is 8. The average Bonchev–Trinajstić information content (AvgIpc) is 3.83. The predicted octanol–water partition coefficient (Wildman–Crippen LogP) is 0.407. The number of carbonyl (C=O) groups excluding carboxylic acids is 2. The van der Waals surface area contributed by atoms with Crippen LogP contribution >= 0.6 is 12.4 Å². The van der Waals surface area contributed by atoms with Gasteiger partial charge in [0.1, 0.15) is 36.6 Å². The van der Waals surface area contributed by atoms with Crippen LogP contribution in [0.25, 0.3) is 49.7 Å². The summed E-state index contributed by atoms with van der Waals surface area (Å²) in [5, 5.41) is 44.5. The molecule has 0 saturated carbocycles. The number of nitro benzene ring substituents is 3. The molecule has 0 spiro atoms. The standard InChI is InChI=1S/C13H13N3O2.C10H6N2O3.C10H8N2O2.C10H8N2O.C4H8O2.3CH4.ClH.Fe.IO4.Na/c1-15(2)9-7-11-6-5-10-4-3-8-14-12(10)13(11)16(17)18;13-6-8-4-3-7-2-1-5-11-9(7)10(8)12(14)15;1-7-4-5-8-3-2-6-11-9(8)10(7)12(13)14;11-9-8(6-13)4-3-7-2-1-5-12-10(7)9;5-4-2-1-3-6-4;;;;;;2-1(3,4)5;/h3-9H,1-2H3;1-6H;2-6H,1H3;1-6H,11H2;4-5H,1-3H2;3*1H4;1H;;;/q;;;;;;;;;;-1;+1/b9-7+;;;;;;;;;;;. The topological polar surface area (TPSA) is 366 Å². The molecule has 3 N–H and O–H groups in total. The van der Waals surface area contributed by atoms with Gasteiger partial charge < -0.3 is 20.5 Å². The van der Waals surface area contributed by atoms with Crippen LogP contribution in [0.5, 0.6) is 0 Å². The van der Waals surface area contributed by atoms with Crippen molar-refractivity contribution in [2.24, 2.45) is 0 Å². The molecular formula is C50H56ClFeIN9NaO14. The number of pyridine rings is 4. The molecule has 1 atom stereocenters. The second-order valence-electron chi connectivity index (χ2n) is 14.7. The molecule has 4 aromatic heterocycles. The molecule has 1 fully saturated rings. The molecule has 4 aromatic carbocycles. The zero-order valence-corrected chi connectivity index (χ0v) is 45.7. The van der Waals surface area contributed by atoms with Gasteiger partial charge in [0, 0.05) is 102 Å². The van der Waals surface area contributed by atoms with Gasteiger partial charge in [-0.25, -0.2) is 15.0 Å². The maximum absolute atomic E-state index is 11.2. The Morgan fingerprint density at radius 3 is 1.32 bits per heavy atom. The van der Waals surface area contributed by atoms with Crippen LogP contribution in [0.15, 0.2) is 128 Å². The average molecular weight is 1250 g/mol. The Bertz CT molecular complexity index is 3200. The van der Waals surface area contributed by atoms with Crippen molar-refractivity contribution in [3.8, 4) is 0 Å². The summed E-state index contributed by atoms with van der Waals surface area (Å²) in [5.41, 5.74) is 9.64. The SMILES string of the molecule is C.C.C.CN(C)/C=C/c1ccc2cccnc2c1[N+](=O)[O-].Cc1ccc2cccnc2c1[N+](=O)[O-].Cl.Nc1c(C=O)ccc2cccnc12.O=Cc1ccc2cccnc2c1[N+](=O)[O-].OC1CCCO1.[Fe].[Na+].[O-][I+3]([O-])([O-])[O-]. The van der Waals surface area contributed by atoms with Gasteiger partial charge in [-0.1, -0.05) is 76.9 Å². The van der Waals surface area contributed by atoms with E-state index in [1.54, 1.807) is 86.3 Å². The molecule has 8 aromatic rings. The number of ether oxygens (including phenoxy) is 1. The van der Waals surface area contributed by atoms with E-state index in [4.69, 9.17) is 29.3 Å². The second-order valence-corrected chi connectivity index (χ2v) is 16.9. The number of aldehydes is 2. The number of aliphatic hydroxyl groups excluding tert-OH is 1. The van der Waals surface area contributed by atoms with Gasteiger partial charge in [-0.05, 0) is 68.1 Å². The number of rotatable bonds is 7. The van der Waals surface area contributed by atoms with Crippen molar-refractivity contribution in [1.82, 2.24) is 24.8 Å². The minimum absolute atomic E-state index is 0. The van der Waals surface area contributed by atoms with Crippen molar-refractivity contribution < 1.29 is 115 Å². The number of hydrogen-bond donors (Lipinski definition) is 2. The second kappa shape index (κ2) is 36.7. The third-order valence-electron chi connectivity index (χ3n) is 9.61. The molecule has 23 nitrogen and oxygen atoms in total. The summed E-state index contributed by atoms with van der Waals surface area (Å²) in [7, 11) is 3.73. The summed E-state index contributed by atoms with van der Waals surface area (Å²) in [6.45, 7) is 2.45. The maximum Gasteiger partial charge on any atom is 1.00 e. The Balaban J connectivity index is -0.000000871. The molecule has 1 saturated heterocycles. The van der Waals surface area contributed by atoms with E-state index in [1.807, 2.05) is 61.5 Å². The Labute approximate surface area is 488 Å². The number of nitrogen functional groups attached to an aromatic ring is 1. The molecule has 1 aliphatic heterocycles. The number of nitro groups is 3. The van der Waals surface area contributed by atoms with Gasteiger partial charge in [-0.15, -0.1) is 12.4 Å². The first-order valence-electron chi connectivity index (χ1n) is 20.6. The maximum atomic E-state index is 11.2. The molecular weight excluding hydrogens is 1190 g/mol. The fourth-order valence-electron chi connectivity index (χ4n) is 6.44. The van der Waals surface area contributed by atoms with Gasteiger partial charge in [-0.2, -0.15) is 0 Å². The molecule has 5 heterocycles. The van der Waals surface area contributed by atoms with Gasteiger partial charge >= 0.3 is 40.9 Å². The number of halogens is 2. The van der Waals surface area contributed by atoms with E-state index in [1.165, 1.54) is 12.3 Å². The van der Waals surface area contributed by atoms with Crippen molar-refractivity contribution in [2.45, 2.75) is 48.3 Å². The molecule has 77 heavy (non-hydrogen) atoms. The molecule has 408 valence electrons. The van der Waals surface area contributed by atoms with Crippen molar-refractivity contribution in [3.05, 3.63) is 181 Å². The van der Waals surface area contributed by atoms with Gasteiger partial charge in [0.05, 0.1) is 37.1 Å². The Morgan fingerprint density at radius 2 is 0.974 bits per heavy atom. The molecule has 9 rings (SSSR count). The number of benzene rings is 4. The van der Waals surface area contributed by atoms with E-state index in [0.29, 0.717) is 50.6 Å². The van der Waals surface area contributed by atoms with E-state index >= 15 is 0 Å². The quantitative estimate of drug-likeness (QED) is 0.0545. The zero-order chi connectivity index (χ0) is 52.3. The number of aromatic nitrogens is 4. The van der Waals surface area contributed by atoms with Crippen LogP contribution in [0.1, 0.15) is 67.0 Å². The fourth-order valence-corrected chi connectivity index (χ4v) is 6.44. The fraction of sp³-hybridized carbons (Fsp3) is 0.200. The van der Waals surface area contributed by atoms with Gasteiger partial charge in [0.15, 0.2) is 18.9 Å². The van der Waals surface area contributed by atoms with Crippen molar-refractivity contribution in [1.29, 1.82) is 0 Å².